The van der Waals surface area contributed by atoms with E-state index in [-0.39, 0.29) is 11.6 Å². The van der Waals surface area contributed by atoms with Crippen LogP contribution < -0.4 is 10.2 Å². The molecule has 160 valence electrons. The Morgan fingerprint density at radius 3 is 2.59 bits per heavy atom. The molecule has 1 unspecified atom stereocenters. The predicted molar refractivity (Wildman–Crippen MR) is 125 cm³/mol. The molecule has 4 aliphatic rings. The molecule has 4 heteroatoms. The number of rotatable bonds is 1. The molecule has 4 atom stereocenters. The standard InChI is InChI=1S/C28H26N2O2/c31-26-20-12-4-5-14-23(20)28(32-26)18-21(19-10-2-1-3-11-19)22-13-8-9-17-27(22)29-24-15-6-7-16-25(24)30(27)28/h1-7,10-12,14-16,21-22,29H,8-9,13,17-18H2/t21-,22-,27-,28?/m1/s1. The summed E-state index contributed by atoms with van der Waals surface area (Å²) in [4.78, 5) is 15.6. The second kappa shape index (κ2) is 6.38. The van der Waals surface area contributed by atoms with E-state index in [9.17, 15) is 4.79 Å². The number of carbonyl (C=O) groups excluding carboxylic acids is 1. The molecule has 0 amide bonds. The first-order valence-electron chi connectivity index (χ1n) is 11.8. The average Bonchev–Trinajstić information content (AvgIpc) is 3.32. The third-order valence-corrected chi connectivity index (χ3v) is 8.23. The van der Waals surface area contributed by atoms with Gasteiger partial charge in [-0.25, -0.2) is 4.79 Å². The first kappa shape index (κ1) is 18.3. The molecule has 7 rings (SSSR count). The predicted octanol–water partition coefficient (Wildman–Crippen LogP) is 6.02. The van der Waals surface area contributed by atoms with Crippen LogP contribution >= 0.6 is 0 Å². The number of piperidine rings is 1. The zero-order valence-corrected chi connectivity index (χ0v) is 18.0. The maximum absolute atomic E-state index is 13.2. The topological polar surface area (TPSA) is 41.6 Å². The van der Waals surface area contributed by atoms with Gasteiger partial charge in [0.1, 0.15) is 5.66 Å². The summed E-state index contributed by atoms with van der Waals surface area (Å²) in [7, 11) is 0. The van der Waals surface area contributed by atoms with Crippen molar-refractivity contribution in [2.45, 2.75) is 49.4 Å². The van der Waals surface area contributed by atoms with Gasteiger partial charge in [0.2, 0.25) is 5.72 Å². The minimum atomic E-state index is -0.804. The fourth-order valence-electron chi connectivity index (χ4n) is 7.11. The van der Waals surface area contributed by atoms with E-state index in [4.69, 9.17) is 4.74 Å². The van der Waals surface area contributed by atoms with Crippen molar-refractivity contribution in [2.75, 3.05) is 10.2 Å². The van der Waals surface area contributed by atoms with Crippen LogP contribution in [0.4, 0.5) is 11.4 Å². The average molecular weight is 423 g/mol. The van der Waals surface area contributed by atoms with Gasteiger partial charge in [-0.1, -0.05) is 67.1 Å². The van der Waals surface area contributed by atoms with Crippen molar-refractivity contribution in [1.82, 2.24) is 0 Å². The Hall–Kier alpha value is -3.27. The van der Waals surface area contributed by atoms with E-state index >= 15 is 0 Å². The molecule has 32 heavy (non-hydrogen) atoms. The lowest BCUT2D eigenvalue weighted by molar-refractivity contribution is -0.0663. The van der Waals surface area contributed by atoms with E-state index in [1.165, 1.54) is 24.8 Å². The van der Waals surface area contributed by atoms with Crippen LogP contribution in [0.1, 0.15) is 59.5 Å². The van der Waals surface area contributed by atoms with Crippen LogP contribution in [-0.2, 0) is 10.5 Å². The summed E-state index contributed by atoms with van der Waals surface area (Å²) in [6.07, 6.45) is 5.38. The highest BCUT2D eigenvalue weighted by atomic mass is 16.6. The maximum atomic E-state index is 13.2. The lowest BCUT2D eigenvalue weighted by Crippen LogP contribution is -2.69. The molecule has 3 heterocycles. The summed E-state index contributed by atoms with van der Waals surface area (Å²) < 4.78 is 6.47. The second-order valence-corrected chi connectivity index (χ2v) is 9.69. The van der Waals surface area contributed by atoms with Crippen LogP contribution in [0.3, 0.4) is 0 Å². The third kappa shape index (κ3) is 2.20. The number of carbonyl (C=O) groups is 1. The van der Waals surface area contributed by atoms with Gasteiger partial charge in [0, 0.05) is 17.9 Å². The minimum absolute atomic E-state index is 0.207. The number of anilines is 2. The lowest BCUT2D eigenvalue weighted by Gasteiger charge is -2.61. The quantitative estimate of drug-likeness (QED) is 0.487. The van der Waals surface area contributed by atoms with Gasteiger partial charge >= 0.3 is 5.97 Å². The van der Waals surface area contributed by atoms with Crippen LogP contribution in [0.15, 0.2) is 78.9 Å². The molecule has 3 aromatic rings. The monoisotopic (exact) mass is 422 g/mol. The maximum Gasteiger partial charge on any atom is 0.341 e. The van der Waals surface area contributed by atoms with Crippen molar-refractivity contribution in [2.24, 2.45) is 5.92 Å². The Bertz CT molecular complexity index is 1220. The highest BCUT2D eigenvalue weighted by molar-refractivity contribution is 5.96. The number of hydrogen-bond acceptors (Lipinski definition) is 4. The van der Waals surface area contributed by atoms with Crippen LogP contribution in [0.2, 0.25) is 0 Å². The number of ether oxygens (including phenoxy) is 1. The molecular formula is C28H26N2O2. The summed E-state index contributed by atoms with van der Waals surface area (Å²) in [6, 6.07) is 27.4. The van der Waals surface area contributed by atoms with Gasteiger partial charge in [0.15, 0.2) is 0 Å². The Labute approximate surface area is 188 Å². The van der Waals surface area contributed by atoms with Crippen molar-refractivity contribution in [3.05, 3.63) is 95.6 Å². The van der Waals surface area contributed by atoms with Gasteiger partial charge in [0.25, 0.3) is 0 Å². The van der Waals surface area contributed by atoms with Gasteiger partial charge in [-0.05, 0) is 48.9 Å². The van der Waals surface area contributed by atoms with Crippen LogP contribution in [0.5, 0.6) is 0 Å². The van der Waals surface area contributed by atoms with E-state index in [0.29, 0.717) is 17.4 Å². The van der Waals surface area contributed by atoms with Gasteiger partial charge in [-0.2, -0.15) is 0 Å². The Morgan fingerprint density at radius 2 is 1.69 bits per heavy atom. The molecule has 1 N–H and O–H groups in total. The third-order valence-electron chi connectivity index (χ3n) is 8.23. The smallest absolute Gasteiger partial charge is 0.341 e. The molecule has 4 nitrogen and oxygen atoms in total. The van der Waals surface area contributed by atoms with E-state index in [0.717, 1.165) is 29.8 Å². The molecule has 1 saturated carbocycles. The molecule has 1 saturated heterocycles. The summed E-state index contributed by atoms with van der Waals surface area (Å²) in [5.74, 6) is 0.526. The van der Waals surface area contributed by atoms with Gasteiger partial charge in [-0.3, -0.25) is 0 Å². The van der Waals surface area contributed by atoms with Crippen molar-refractivity contribution >= 4 is 17.3 Å². The van der Waals surface area contributed by atoms with Crippen LogP contribution in [0, 0.1) is 5.92 Å². The van der Waals surface area contributed by atoms with E-state index in [2.05, 4.69) is 70.9 Å². The van der Waals surface area contributed by atoms with Crippen LogP contribution in [-0.4, -0.2) is 11.6 Å². The second-order valence-electron chi connectivity index (χ2n) is 9.69. The molecule has 3 aliphatic heterocycles. The highest BCUT2D eigenvalue weighted by Gasteiger charge is 2.67. The lowest BCUT2D eigenvalue weighted by atomic mass is 9.62. The summed E-state index contributed by atoms with van der Waals surface area (Å²) in [5, 5.41) is 3.98. The first-order valence-corrected chi connectivity index (χ1v) is 11.8. The van der Waals surface area contributed by atoms with E-state index in [1.807, 2.05) is 18.2 Å². The number of nitrogens with zero attached hydrogens (tertiary/aromatic N) is 1. The Morgan fingerprint density at radius 1 is 0.906 bits per heavy atom. The normalized spacial score (nSPS) is 31.9. The van der Waals surface area contributed by atoms with Crippen molar-refractivity contribution in [1.29, 1.82) is 0 Å². The SMILES string of the molecule is O=C1OC2(C[C@H](c3ccccc3)[C@H]3CCCC[C@]34Nc3ccccc3N24)c2ccccc21. The number of benzene rings is 3. The zero-order valence-electron chi connectivity index (χ0n) is 18.0. The van der Waals surface area contributed by atoms with Crippen molar-refractivity contribution in [3.8, 4) is 0 Å². The fraction of sp³-hybridized carbons (Fsp3) is 0.321. The van der Waals surface area contributed by atoms with Gasteiger partial charge in [0.05, 0.1) is 16.9 Å². The molecule has 2 spiro atoms. The molecule has 3 aromatic carbocycles. The summed E-state index contributed by atoms with van der Waals surface area (Å²) in [6.45, 7) is 0. The molecule has 0 aromatic heterocycles. The summed E-state index contributed by atoms with van der Waals surface area (Å²) in [5.41, 5.74) is 4.28. The minimum Gasteiger partial charge on any atom is -0.431 e. The number of nitrogens with one attached hydrogen (secondary N) is 1. The number of fused-ring (bicyclic) bond motifs is 5. The van der Waals surface area contributed by atoms with Crippen LogP contribution in [0.25, 0.3) is 0 Å². The summed E-state index contributed by atoms with van der Waals surface area (Å²) >= 11 is 0. The number of hydrogen-bond donors (Lipinski definition) is 1. The molecule has 2 fully saturated rings. The molecular weight excluding hydrogens is 396 g/mol. The number of esters is 1. The Kier molecular flexibility index (Phi) is 3.65. The zero-order chi connectivity index (χ0) is 21.3. The van der Waals surface area contributed by atoms with Gasteiger partial charge in [-0.15, -0.1) is 0 Å². The Balaban J connectivity index is 1.52. The first-order chi connectivity index (χ1) is 15.7. The molecule has 0 bridgehead atoms. The fourth-order valence-corrected chi connectivity index (χ4v) is 7.11. The highest BCUT2D eigenvalue weighted by Crippen LogP contribution is 2.65. The largest absolute Gasteiger partial charge is 0.431 e. The van der Waals surface area contributed by atoms with Crippen molar-refractivity contribution in [3.63, 3.8) is 0 Å². The van der Waals surface area contributed by atoms with E-state index in [1.54, 1.807) is 0 Å². The molecule has 0 radical (unpaired) electrons. The molecule has 1 aliphatic carbocycles. The number of para-hydroxylation sites is 2. The van der Waals surface area contributed by atoms with E-state index < -0.39 is 5.72 Å². The van der Waals surface area contributed by atoms with Gasteiger partial charge < -0.3 is 15.0 Å². The van der Waals surface area contributed by atoms with Crippen molar-refractivity contribution < 1.29 is 9.53 Å².